The molecule has 142 valence electrons. The Balaban J connectivity index is 2.54. The van der Waals surface area contributed by atoms with Crippen LogP contribution >= 0.6 is 11.6 Å². The number of ether oxygens (including phenoxy) is 1. The predicted octanol–water partition coefficient (Wildman–Crippen LogP) is 2.66. The lowest BCUT2D eigenvalue weighted by Crippen LogP contribution is -2.57. The molecule has 0 saturated heterocycles. The van der Waals surface area contributed by atoms with Crippen molar-refractivity contribution in [1.29, 1.82) is 0 Å². The maximum atomic E-state index is 12.1. The van der Waals surface area contributed by atoms with Gasteiger partial charge in [-0.3, -0.25) is 14.9 Å². The van der Waals surface area contributed by atoms with Crippen LogP contribution < -0.4 is 15.8 Å². The molecule has 2 unspecified atom stereocenters. The van der Waals surface area contributed by atoms with E-state index in [1.54, 1.807) is 30.3 Å². The second-order valence-electron chi connectivity index (χ2n) is 5.75. The van der Waals surface area contributed by atoms with Crippen molar-refractivity contribution in [2.24, 2.45) is 5.73 Å². The number of nitrogens with two attached hydrogens (primary N) is 1. The van der Waals surface area contributed by atoms with Crippen LogP contribution in [0, 0.1) is 10.1 Å². The number of primary amides is 1. The number of carboxylic acids is 1. The van der Waals surface area contributed by atoms with Crippen LogP contribution in [0.2, 0.25) is 5.02 Å². The number of hydrogen-bond donors (Lipinski definition) is 3. The van der Waals surface area contributed by atoms with E-state index in [1.807, 2.05) is 0 Å². The van der Waals surface area contributed by atoms with Gasteiger partial charge in [0, 0.05) is 6.07 Å². The van der Waals surface area contributed by atoms with Crippen LogP contribution in [0.4, 0.5) is 10.5 Å². The standard InChI is InChI=1S/C17H16ClN3O6/c1-17(15(22)23,10-7-8-13(21(25)26)12(18)9-10)14(20-16(19)24)27-11-5-3-2-4-6-11/h2-9,14H,1H3,(H,22,23)(H3,19,20,24). The Kier molecular flexibility index (Phi) is 5.86. The zero-order chi connectivity index (χ0) is 20.2. The van der Waals surface area contributed by atoms with E-state index < -0.39 is 28.6 Å². The molecule has 0 aliphatic rings. The molecule has 0 aromatic heterocycles. The fraction of sp³-hybridized carbons (Fsp3) is 0.176. The number of urea groups is 1. The number of benzene rings is 2. The lowest BCUT2D eigenvalue weighted by atomic mass is 9.80. The minimum Gasteiger partial charge on any atom is -0.480 e. The molecule has 27 heavy (non-hydrogen) atoms. The first-order valence-electron chi connectivity index (χ1n) is 7.61. The first kappa shape index (κ1) is 20.0. The molecule has 2 amide bonds. The Bertz CT molecular complexity index is 876. The number of nitro benzene ring substituents is 1. The number of carboxylic acid groups (broad SMARTS) is 1. The Morgan fingerprint density at radius 2 is 1.93 bits per heavy atom. The number of hydrogen-bond acceptors (Lipinski definition) is 5. The number of amides is 2. The third kappa shape index (κ3) is 4.26. The number of nitrogens with one attached hydrogen (secondary N) is 1. The monoisotopic (exact) mass is 393 g/mol. The zero-order valence-corrected chi connectivity index (χ0v) is 14.8. The molecule has 0 aliphatic heterocycles. The second-order valence-corrected chi connectivity index (χ2v) is 6.16. The number of carbonyl (C=O) groups excluding carboxylic acids is 1. The summed E-state index contributed by atoms with van der Waals surface area (Å²) in [5, 5.41) is 22.8. The van der Waals surface area contributed by atoms with E-state index in [0.29, 0.717) is 0 Å². The molecule has 2 rings (SSSR count). The minimum absolute atomic E-state index is 0.0836. The van der Waals surface area contributed by atoms with Gasteiger partial charge in [0.2, 0.25) is 0 Å². The molecule has 0 spiro atoms. The maximum absolute atomic E-state index is 12.1. The largest absolute Gasteiger partial charge is 0.480 e. The molecule has 2 aromatic rings. The summed E-state index contributed by atoms with van der Waals surface area (Å²) in [5.41, 5.74) is 3.03. The van der Waals surface area contributed by atoms with Gasteiger partial charge in [0.05, 0.1) is 4.92 Å². The van der Waals surface area contributed by atoms with Crippen LogP contribution in [0.1, 0.15) is 12.5 Å². The molecule has 4 N–H and O–H groups in total. The van der Waals surface area contributed by atoms with Gasteiger partial charge in [0.1, 0.15) is 16.2 Å². The van der Waals surface area contributed by atoms with Crippen molar-refractivity contribution < 1.29 is 24.4 Å². The first-order valence-corrected chi connectivity index (χ1v) is 7.99. The summed E-state index contributed by atoms with van der Waals surface area (Å²) in [6.07, 6.45) is -1.42. The predicted molar refractivity (Wildman–Crippen MR) is 96.7 cm³/mol. The third-order valence-corrected chi connectivity index (χ3v) is 4.29. The summed E-state index contributed by atoms with van der Waals surface area (Å²) in [7, 11) is 0. The van der Waals surface area contributed by atoms with Gasteiger partial charge in [0.25, 0.3) is 5.69 Å². The normalized spacial score (nSPS) is 13.9. The van der Waals surface area contributed by atoms with Crippen molar-refractivity contribution in [2.75, 3.05) is 0 Å². The molecule has 2 atom stereocenters. The molecule has 0 saturated carbocycles. The first-order chi connectivity index (χ1) is 12.7. The molecule has 0 bridgehead atoms. The molecular weight excluding hydrogens is 378 g/mol. The van der Waals surface area contributed by atoms with Crippen LogP contribution in [0.3, 0.4) is 0 Å². The number of rotatable bonds is 7. The quantitative estimate of drug-likeness (QED) is 0.374. The molecule has 0 heterocycles. The fourth-order valence-corrected chi connectivity index (χ4v) is 2.67. The number of aliphatic carboxylic acids is 1. The van der Waals surface area contributed by atoms with Gasteiger partial charge < -0.3 is 20.9 Å². The highest BCUT2D eigenvalue weighted by atomic mass is 35.5. The Labute approximate surface area is 158 Å². The van der Waals surface area contributed by atoms with E-state index in [9.17, 15) is 24.8 Å². The van der Waals surface area contributed by atoms with Crippen molar-refractivity contribution in [3.8, 4) is 5.75 Å². The summed E-state index contributed by atoms with van der Waals surface area (Å²) in [6, 6.07) is 10.7. The van der Waals surface area contributed by atoms with Gasteiger partial charge in [-0.1, -0.05) is 35.9 Å². The highest BCUT2D eigenvalue weighted by molar-refractivity contribution is 6.32. The van der Waals surface area contributed by atoms with Crippen molar-refractivity contribution in [3.63, 3.8) is 0 Å². The molecule has 10 heteroatoms. The van der Waals surface area contributed by atoms with E-state index >= 15 is 0 Å². The summed E-state index contributed by atoms with van der Waals surface area (Å²) in [4.78, 5) is 33.8. The molecule has 0 radical (unpaired) electrons. The van der Waals surface area contributed by atoms with Gasteiger partial charge in [-0.25, -0.2) is 4.79 Å². The Morgan fingerprint density at radius 1 is 1.30 bits per heavy atom. The fourth-order valence-electron chi connectivity index (χ4n) is 2.42. The number of halogens is 1. The zero-order valence-electron chi connectivity index (χ0n) is 14.1. The van der Waals surface area contributed by atoms with E-state index in [0.717, 1.165) is 12.1 Å². The van der Waals surface area contributed by atoms with Crippen LogP contribution in [0.5, 0.6) is 5.75 Å². The van der Waals surface area contributed by atoms with Gasteiger partial charge in [-0.05, 0) is 30.7 Å². The Morgan fingerprint density at radius 3 is 2.41 bits per heavy atom. The molecule has 0 aliphatic carbocycles. The minimum atomic E-state index is -1.86. The van der Waals surface area contributed by atoms with E-state index in [-0.39, 0.29) is 22.0 Å². The Hall–Kier alpha value is -3.33. The SMILES string of the molecule is CC(C(=O)O)(c1ccc([N+](=O)[O-])c(Cl)c1)C(NC(N)=O)Oc1ccccc1. The topological polar surface area (TPSA) is 145 Å². The maximum Gasteiger partial charge on any atom is 0.319 e. The summed E-state index contributed by atoms with van der Waals surface area (Å²) in [6.45, 7) is 1.29. The van der Waals surface area contributed by atoms with Crippen LogP contribution in [0.15, 0.2) is 48.5 Å². The number of nitro groups is 1. The second kappa shape index (κ2) is 7.92. The van der Waals surface area contributed by atoms with Gasteiger partial charge >= 0.3 is 12.0 Å². The third-order valence-electron chi connectivity index (χ3n) is 3.98. The number of nitrogens with zero attached hydrogens (tertiary/aromatic N) is 1. The molecule has 9 nitrogen and oxygen atoms in total. The smallest absolute Gasteiger partial charge is 0.319 e. The van der Waals surface area contributed by atoms with Crippen molar-refractivity contribution in [2.45, 2.75) is 18.6 Å². The van der Waals surface area contributed by atoms with E-state index in [4.69, 9.17) is 22.1 Å². The van der Waals surface area contributed by atoms with Crippen molar-refractivity contribution >= 4 is 29.3 Å². The summed E-state index contributed by atoms with van der Waals surface area (Å²) < 4.78 is 5.65. The van der Waals surface area contributed by atoms with Gasteiger partial charge in [0.15, 0.2) is 6.23 Å². The number of para-hydroxylation sites is 1. The highest BCUT2D eigenvalue weighted by Gasteiger charge is 2.46. The van der Waals surface area contributed by atoms with Crippen LogP contribution in [0.25, 0.3) is 0 Å². The average molecular weight is 394 g/mol. The molecule has 0 fully saturated rings. The summed E-state index contributed by atoms with van der Waals surface area (Å²) in [5.74, 6) is -1.07. The molecular formula is C17H16ClN3O6. The lowest BCUT2D eigenvalue weighted by Gasteiger charge is -2.34. The van der Waals surface area contributed by atoms with E-state index in [1.165, 1.54) is 13.0 Å². The average Bonchev–Trinajstić information content (AvgIpc) is 2.60. The van der Waals surface area contributed by atoms with Crippen molar-refractivity contribution in [3.05, 3.63) is 69.2 Å². The van der Waals surface area contributed by atoms with E-state index in [2.05, 4.69) is 5.32 Å². The van der Waals surface area contributed by atoms with Crippen LogP contribution in [-0.2, 0) is 10.2 Å². The molecule has 2 aromatic carbocycles. The highest BCUT2D eigenvalue weighted by Crippen LogP contribution is 2.35. The van der Waals surface area contributed by atoms with Gasteiger partial charge in [-0.15, -0.1) is 0 Å². The van der Waals surface area contributed by atoms with Crippen molar-refractivity contribution in [1.82, 2.24) is 5.32 Å². The summed E-state index contributed by atoms with van der Waals surface area (Å²) >= 11 is 5.92. The number of carbonyl (C=O) groups is 2. The lowest BCUT2D eigenvalue weighted by molar-refractivity contribution is -0.384. The van der Waals surface area contributed by atoms with Gasteiger partial charge in [-0.2, -0.15) is 0 Å². The van der Waals surface area contributed by atoms with Crippen LogP contribution in [-0.4, -0.2) is 28.3 Å².